The molecule has 0 saturated heterocycles. The first kappa shape index (κ1) is 10.5. The summed E-state index contributed by atoms with van der Waals surface area (Å²) in [6.45, 7) is -0.881. The first-order chi connectivity index (χ1) is 7.63. The number of benzene rings is 1. The minimum absolute atomic E-state index is 0.0122. The number of hydrogen-bond donors (Lipinski definition) is 2. The third kappa shape index (κ3) is 1.60. The molecule has 1 heterocycles. The van der Waals surface area contributed by atoms with Gasteiger partial charge in [-0.3, -0.25) is 4.57 Å². The summed E-state index contributed by atoms with van der Waals surface area (Å²) >= 11 is 0. The zero-order valence-corrected chi connectivity index (χ0v) is 8.19. The van der Waals surface area contributed by atoms with E-state index in [1.807, 2.05) is 0 Å². The van der Waals surface area contributed by atoms with Gasteiger partial charge in [-0.25, -0.2) is 8.78 Å². The van der Waals surface area contributed by atoms with Gasteiger partial charge >= 0.3 is 0 Å². The summed E-state index contributed by atoms with van der Waals surface area (Å²) in [7, 11) is 0. The molecule has 0 spiro atoms. The highest BCUT2D eigenvalue weighted by molar-refractivity contribution is 5.46. The van der Waals surface area contributed by atoms with Crippen LogP contribution in [-0.2, 0) is 6.67 Å². The highest BCUT2D eigenvalue weighted by Gasteiger charge is 2.14. The van der Waals surface area contributed by atoms with Crippen LogP contribution in [0.15, 0.2) is 30.3 Å². The van der Waals surface area contributed by atoms with Crippen molar-refractivity contribution in [2.75, 3.05) is 0 Å². The number of hydrogen-bond acceptors (Lipinski definition) is 2. The summed E-state index contributed by atoms with van der Waals surface area (Å²) in [5.41, 5.74) is 0.345. The molecule has 0 unspecified atom stereocenters. The Balaban J connectivity index is 2.55. The van der Waals surface area contributed by atoms with Crippen LogP contribution in [0.2, 0.25) is 0 Å². The second-order valence-electron chi connectivity index (χ2n) is 3.30. The molecule has 84 valence electrons. The smallest absolute Gasteiger partial charge is 0.204 e. The lowest BCUT2D eigenvalue weighted by molar-refractivity contribution is 0.393. The van der Waals surface area contributed by atoms with E-state index in [-0.39, 0.29) is 17.3 Å². The number of alkyl halides is 1. The quantitative estimate of drug-likeness (QED) is 0.824. The van der Waals surface area contributed by atoms with E-state index in [1.165, 1.54) is 24.3 Å². The Bertz CT molecular complexity index is 505. The standard InChI is InChI=1S/C11H9F2NO2/c12-6-7-5-10(15)14(11(7)16)9-3-1-8(13)2-4-9/h1-5,15-16H,6H2. The topological polar surface area (TPSA) is 45.4 Å². The third-order valence-electron chi connectivity index (χ3n) is 2.26. The molecule has 2 rings (SSSR count). The van der Waals surface area contributed by atoms with Gasteiger partial charge in [-0.2, -0.15) is 0 Å². The van der Waals surface area contributed by atoms with Gasteiger partial charge in [0.05, 0.1) is 5.69 Å². The summed E-state index contributed by atoms with van der Waals surface area (Å²) in [4.78, 5) is 0. The second kappa shape index (κ2) is 3.84. The Labute approximate surface area is 90.2 Å². The van der Waals surface area contributed by atoms with Crippen LogP contribution in [-0.4, -0.2) is 14.8 Å². The maximum absolute atomic E-state index is 12.7. The molecular formula is C11H9F2NO2. The van der Waals surface area contributed by atoms with Crippen molar-refractivity contribution in [3.63, 3.8) is 0 Å². The highest BCUT2D eigenvalue weighted by Crippen LogP contribution is 2.31. The molecule has 1 aromatic heterocycles. The molecule has 0 aliphatic carbocycles. The van der Waals surface area contributed by atoms with Crippen LogP contribution in [0.25, 0.3) is 5.69 Å². The molecule has 0 amide bonds. The molecule has 0 fully saturated rings. The van der Waals surface area contributed by atoms with Crippen molar-refractivity contribution in [3.05, 3.63) is 41.7 Å². The Morgan fingerprint density at radius 1 is 1.12 bits per heavy atom. The minimum atomic E-state index is -0.881. The van der Waals surface area contributed by atoms with Gasteiger partial charge in [-0.15, -0.1) is 0 Å². The largest absolute Gasteiger partial charge is 0.494 e. The van der Waals surface area contributed by atoms with E-state index in [4.69, 9.17) is 0 Å². The summed E-state index contributed by atoms with van der Waals surface area (Å²) < 4.78 is 26.1. The summed E-state index contributed by atoms with van der Waals surface area (Å²) in [5, 5.41) is 19.1. The molecule has 0 aliphatic heterocycles. The minimum Gasteiger partial charge on any atom is -0.494 e. The van der Waals surface area contributed by atoms with Gasteiger partial charge in [0.15, 0.2) is 5.88 Å². The van der Waals surface area contributed by atoms with Crippen LogP contribution in [0.4, 0.5) is 8.78 Å². The molecule has 0 saturated carbocycles. The number of halogens is 2. The van der Waals surface area contributed by atoms with Crippen molar-refractivity contribution in [2.24, 2.45) is 0 Å². The molecule has 16 heavy (non-hydrogen) atoms. The summed E-state index contributed by atoms with van der Waals surface area (Å²) in [5.74, 6) is -1.11. The van der Waals surface area contributed by atoms with E-state index in [0.717, 1.165) is 10.6 Å². The normalized spacial score (nSPS) is 10.6. The fourth-order valence-corrected chi connectivity index (χ4v) is 1.48. The molecule has 2 N–H and O–H groups in total. The number of rotatable bonds is 2. The van der Waals surface area contributed by atoms with E-state index in [9.17, 15) is 19.0 Å². The number of aromatic hydroxyl groups is 2. The maximum atomic E-state index is 12.7. The van der Waals surface area contributed by atoms with Gasteiger partial charge < -0.3 is 10.2 Å². The molecule has 0 aliphatic rings. The monoisotopic (exact) mass is 225 g/mol. The lowest BCUT2D eigenvalue weighted by Gasteiger charge is -2.06. The first-order valence-electron chi connectivity index (χ1n) is 4.58. The van der Waals surface area contributed by atoms with Gasteiger partial charge in [0.1, 0.15) is 12.5 Å². The second-order valence-corrected chi connectivity index (χ2v) is 3.30. The van der Waals surface area contributed by atoms with Crippen LogP contribution in [0, 0.1) is 5.82 Å². The molecule has 0 radical (unpaired) electrons. The lowest BCUT2D eigenvalue weighted by atomic mass is 10.3. The highest BCUT2D eigenvalue weighted by atomic mass is 19.1. The fourth-order valence-electron chi connectivity index (χ4n) is 1.48. The van der Waals surface area contributed by atoms with Crippen LogP contribution in [0.5, 0.6) is 11.8 Å². The van der Waals surface area contributed by atoms with Crippen LogP contribution in [0.3, 0.4) is 0 Å². The van der Waals surface area contributed by atoms with Crippen molar-refractivity contribution in [1.82, 2.24) is 4.57 Å². The van der Waals surface area contributed by atoms with Gasteiger partial charge in [0, 0.05) is 11.6 Å². The summed E-state index contributed by atoms with van der Waals surface area (Å²) in [6.07, 6.45) is 0. The Hall–Kier alpha value is -2.04. The maximum Gasteiger partial charge on any atom is 0.204 e. The van der Waals surface area contributed by atoms with Gasteiger partial charge in [0.25, 0.3) is 0 Å². The molecule has 2 aromatic rings. The van der Waals surface area contributed by atoms with E-state index in [0.29, 0.717) is 5.69 Å². The van der Waals surface area contributed by atoms with Crippen molar-refractivity contribution in [3.8, 4) is 17.4 Å². The molecule has 0 atom stereocenters. The van der Waals surface area contributed by atoms with E-state index >= 15 is 0 Å². The van der Waals surface area contributed by atoms with Crippen molar-refractivity contribution < 1.29 is 19.0 Å². The molecule has 5 heteroatoms. The lowest BCUT2D eigenvalue weighted by Crippen LogP contribution is -1.93. The molecule has 3 nitrogen and oxygen atoms in total. The van der Waals surface area contributed by atoms with E-state index in [2.05, 4.69) is 0 Å². The van der Waals surface area contributed by atoms with Crippen molar-refractivity contribution >= 4 is 0 Å². The predicted molar refractivity (Wildman–Crippen MR) is 53.9 cm³/mol. The zero-order chi connectivity index (χ0) is 11.7. The molecule has 1 aromatic carbocycles. The average molecular weight is 225 g/mol. The van der Waals surface area contributed by atoms with Crippen LogP contribution < -0.4 is 0 Å². The predicted octanol–water partition coefficient (Wildman–Crippen LogP) is 2.50. The molecular weight excluding hydrogens is 216 g/mol. The Morgan fingerprint density at radius 3 is 2.25 bits per heavy atom. The van der Waals surface area contributed by atoms with Gasteiger partial charge in [-0.05, 0) is 24.3 Å². The Kier molecular flexibility index (Phi) is 2.52. The van der Waals surface area contributed by atoms with Crippen LogP contribution in [0.1, 0.15) is 5.56 Å². The zero-order valence-electron chi connectivity index (χ0n) is 8.19. The average Bonchev–Trinajstić information content (AvgIpc) is 2.56. The number of aromatic nitrogens is 1. The Morgan fingerprint density at radius 2 is 1.75 bits per heavy atom. The first-order valence-corrected chi connectivity index (χ1v) is 4.58. The SMILES string of the molecule is Oc1cc(CF)c(O)n1-c1ccc(F)cc1. The van der Waals surface area contributed by atoms with Crippen molar-refractivity contribution in [1.29, 1.82) is 0 Å². The number of nitrogens with zero attached hydrogens (tertiary/aromatic N) is 1. The fraction of sp³-hybridized carbons (Fsp3) is 0.0909. The van der Waals surface area contributed by atoms with Crippen molar-refractivity contribution in [2.45, 2.75) is 6.67 Å². The van der Waals surface area contributed by atoms with Gasteiger partial charge in [-0.1, -0.05) is 0 Å². The van der Waals surface area contributed by atoms with Crippen LogP contribution >= 0.6 is 0 Å². The van der Waals surface area contributed by atoms with E-state index < -0.39 is 12.5 Å². The summed E-state index contributed by atoms with van der Waals surface area (Å²) in [6, 6.07) is 6.24. The molecule has 0 bridgehead atoms. The third-order valence-corrected chi connectivity index (χ3v) is 2.26. The van der Waals surface area contributed by atoms with Gasteiger partial charge in [0.2, 0.25) is 5.88 Å². The van der Waals surface area contributed by atoms with E-state index in [1.54, 1.807) is 0 Å².